The third kappa shape index (κ3) is 4.52. The summed E-state index contributed by atoms with van der Waals surface area (Å²) in [5.74, 6) is 1.22. The predicted octanol–water partition coefficient (Wildman–Crippen LogP) is 6.94. The van der Waals surface area contributed by atoms with Gasteiger partial charge in [0, 0.05) is 29.2 Å². The molecule has 4 heteroatoms. The number of pyridine rings is 1. The first-order chi connectivity index (χ1) is 15.8. The lowest BCUT2D eigenvalue weighted by molar-refractivity contribution is 0.120. The smallest absolute Gasteiger partial charge is 0.437 e. The van der Waals surface area contributed by atoms with Gasteiger partial charge in [-0.15, -0.1) is 0 Å². The number of carbonyl (C=O) groups excluding carboxylic acids is 1. The van der Waals surface area contributed by atoms with Gasteiger partial charge in [-0.25, -0.2) is 4.79 Å². The Morgan fingerprint density at radius 2 is 1.82 bits per heavy atom. The van der Waals surface area contributed by atoms with Crippen molar-refractivity contribution in [1.82, 2.24) is 4.98 Å². The Morgan fingerprint density at radius 3 is 2.48 bits per heavy atom. The van der Waals surface area contributed by atoms with Crippen LogP contribution in [0.2, 0.25) is 0 Å². The molecule has 2 aromatic carbocycles. The lowest BCUT2D eigenvalue weighted by Gasteiger charge is -2.21. The van der Waals surface area contributed by atoms with Crippen LogP contribution in [0.3, 0.4) is 0 Å². The van der Waals surface area contributed by atoms with Crippen LogP contribution in [-0.2, 0) is 17.6 Å². The van der Waals surface area contributed by atoms with Crippen LogP contribution in [0.5, 0.6) is 5.75 Å². The van der Waals surface area contributed by atoms with E-state index < -0.39 is 6.16 Å². The number of aryl methyl sites for hydroxylation is 2. The zero-order valence-corrected chi connectivity index (χ0v) is 20.5. The van der Waals surface area contributed by atoms with E-state index in [-0.39, 0.29) is 5.92 Å². The van der Waals surface area contributed by atoms with Crippen molar-refractivity contribution in [3.63, 3.8) is 0 Å². The largest absolute Gasteiger partial charge is 0.513 e. The number of hydrogen-bond donors (Lipinski definition) is 0. The molecule has 0 saturated carbocycles. The molecule has 0 saturated heterocycles. The van der Waals surface area contributed by atoms with E-state index in [0.717, 1.165) is 35.4 Å². The Hall–Kier alpha value is -3.14. The summed E-state index contributed by atoms with van der Waals surface area (Å²) in [6.07, 6.45) is 2.14. The van der Waals surface area contributed by atoms with E-state index >= 15 is 0 Å². The summed E-state index contributed by atoms with van der Waals surface area (Å²) in [5.41, 5.74) is 10.5. The van der Waals surface area contributed by atoms with Gasteiger partial charge >= 0.3 is 6.16 Å². The molecule has 0 amide bonds. The summed E-state index contributed by atoms with van der Waals surface area (Å²) >= 11 is 0. The lowest BCUT2D eigenvalue weighted by Crippen LogP contribution is -2.14. The van der Waals surface area contributed by atoms with Gasteiger partial charge in [-0.05, 0) is 61.8 Å². The van der Waals surface area contributed by atoms with Gasteiger partial charge < -0.3 is 9.47 Å². The molecule has 3 aromatic rings. The number of hydrogen-bond acceptors (Lipinski definition) is 4. The average molecular weight is 444 g/mol. The van der Waals surface area contributed by atoms with E-state index in [0.29, 0.717) is 18.1 Å². The number of carbonyl (C=O) groups is 1. The van der Waals surface area contributed by atoms with Crippen LogP contribution in [0, 0.1) is 20.8 Å². The second-order valence-corrected chi connectivity index (χ2v) is 9.39. The summed E-state index contributed by atoms with van der Waals surface area (Å²) in [5, 5.41) is 0. The van der Waals surface area contributed by atoms with Crippen LogP contribution in [0.4, 0.5) is 4.79 Å². The summed E-state index contributed by atoms with van der Waals surface area (Å²) in [6.45, 7) is 10.3. The van der Waals surface area contributed by atoms with Crippen LogP contribution in [-0.4, -0.2) is 18.2 Å². The molecule has 1 aliphatic rings. The molecule has 1 aliphatic carbocycles. The lowest BCUT2D eigenvalue weighted by atomic mass is 9.89. The van der Waals surface area contributed by atoms with Crippen molar-refractivity contribution in [1.29, 1.82) is 0 Å². The zero-order valence-electron chi connectivity index (χ0n) is 20.5. The minimum atomic E-state index is -0.697. The van der Waals surface area contributed by atoms with Gasteiger partial charge in [0.2, 0.25) is 0 Å². The first kappa shape index (κ1) is 23.0. The Labute approximate surface area is 197 Å². The number of fused-ring (bicyclic) bond motifs is 1. The van der Waals surface area contributed by atoms with E-state index in [1.165, 1.54) is 34.9 Å². The van der Waals surface area contributed by atoms with Crippen LogP contribution < -0.4 is 4.74 Å². The highest BCUT2D eigenvalue weighted by Gasteiger charge is 2.28. The second kappa shape index (κ2) is 9.38. The van der Waals surface area contributed by atoms with Crippen molar-refractivity contribution < 1.29 is 14.3 Å². The van der Waals surface area contributed by atoms with Crippen molar-refractivity contribution in [2.75, 3.05) is 7.11 Å². The molecular formula is C29H33NO3. The number of methoxy groups -OCH3 is 1. The van der Waals surface area contributed by atoms with Gasteiger partial charge in [0.25, 0.3) is 0 Å². The Kier molecular flexibility index (Phi) is 6.55. The fraction of sp³-hybridized carbons (Fsp3) is 0.379. The number of aromatic nitrogens is 1. The van der Waals surface area contributed by atoms with Crippen molar-refractivity contribution in [2.45, 2.75) is 65.7 Å². The molecule has 1 unspecified atom stereocenters. The molecule has 1 heterocycles. The number of rotatable bonds is 5. The van der Waals surface area contributed by atoms with Crippen molar-refractivity contribution >= 4 is 6.16 Å². The molecule has 1 atom stereocenters. The quantitative estimate of drug-likeness (QED) is 0.401. The first-order valence-electron chi connectivity index (χ1n) is 11.7. The molecule has 0 fully saturated rings. The summed E-state index contributed by atoms with van der Waals surface area (Å²) < 4.78 is 10.5. The van der Waals surface area contributed by atoms with Gasteiger partial charge in [-0.2, -0.15) is 0 Å². The number of nitrogens with zero attached hydrogens (tertiary/aromatic N) is 1. The van der Waals surface area contributed by atoms with Gasteiger partial charge in [0.05, 0.1) is 12.8 Å². The fourth-order valence-electron chi connectivity index (χ4n) is 4.98. The second-order valence-electron chi connectivity index (χ2n) is 9.39. The monoisotopic (exact) mass is 443 g/mol. The third-order valence-corrected chi connectivity index (χ3v) is 6.87. The Morgan fingerprint density at radius 1 is 1.09 bits per heavy atom. The molecule has 0 aliphatic heterocycles. The van der Waals surface area contributed by atoms with Crippen LogP contribution >= 0.6 is 0 Å². The summed E-state index contributed by atoms with van der Waals surface area (Å²) in [4.78, 5) is 17.0. The molecular weight excluding hydrogens is 410 g/mol. The highest BCUT2D eigenvalue weighted by molar-refractivity contribution is 5.66. The van der Waals surface area contributed by atoms with E-state index in [4.69, 9.17) is 14.5 Å². The van der Waals surface area contributed by atoms with Crippen LogP contribution in [0.1, 0.15) is 82.4 Å². The van der Waals surface area contributed by atoms with E-state index in [1.54, 1.807) is 0 Å². The topological polar surface area (TPSA) is 48.4 Å². The molecule has 172 valence electrons. The average Bonchev–Trinajstić information content (AvgIpc) is 3.23. The highest BCUT2D eigenvalue weighted by Crippen LogP contribution is 2.41. The SMILES string of the molecule is COC(=O)Oc1c(C)c(C)nc(C(C)C)c1Cc1cccc2c1CCC2c1ccc(C)cc1. The van der Waals surface area contributed by atoms with E-state index in [2.05, 4.69) is 63.2 Å². The van der Waals surface area contributed by atoms with Gasteiger partial charge in [0.1, 0.15) is 5.75 Å². The molecule has 0 spiro atoms. The molecule has 4 nitrogen and oxygen atoms in total. The fourth-order valence-corrected chi connectivity index (χ4v) is 4.98. The maximum absolute atomic E-state index is 12.1. The van der Waals surface area contributed by atoms with Crippen molar-refractivity contribution in [2.24, 2.45) is 0 Å². The Bertz CT molecular complexity index is 1180. The number of benzene rings is 2. The van der Waals surface area contributed by atoms with E-state index in [1.807, 2.05) is 13.8 Å². The highest BCUT2D eigenvalue weighted by atomic mass is 16.7. The van der Waals surface area contributed by atoms with E-state index in [9.17, 15) is 4.79 Å². The first-order valence-corrected chi connectivity index (χ1v) is 11.7. The normalized spacial score (nSPS) is 14.9. The summed E-state index contributed by atoms with van der Waals surface area (Å²) in [6, 6.07) is 15.5. The van der Waals surface area contributed by atoms with Crippen molar-refractivity contribution in [3.05, 3.63) is 92.8 Å². The minimum Gasteiger partial charge on any atom is -0.437 e. The minimum absolute atomic E-state index is 0.205. The Balaban J connectivity index is 1.78. The number of ether oxygens (including phenoxy) is 2. The molecule has 0 bridgehead atoms. The van der Waals surface area contributed by atoms with Gasteiger partial charge in [-0.1, -0.05) is 61.9 Å². The third-order valence-electron chi connectivity index (χ3n) is 6.87. The molecule has 1 aromatic heterocycles. The molecule has 4 rings (SSSR count). The van der Waals surface area contributed by atoms with Gasteiger partial charge in [-0.3, -0.25) is 4.98 Å². The molecule has 0 N–H and O–H groups in total. The van der Waals surface area contributed by atoms with Gasteiger partial charge in [0.15, 0.2) is 0 Å². The molecule has 0 radical (unpaired) electrons. The van der Waals surface area contributed by atoms with Crippen LogP contribution in [0.15, 0.2) is 42.5 Å². The predicted molar refractivity (Wildman–Crippen MR) is 131 cm³/mol. The maximum Gasteiger partial charge on any atom is 0.513 e. The van der Waals surface area contributed by atoms with Crippen LogP contribution in [0.25, 0.3) is 0 Å². The maximum atomic E-state index is 12.1. The molecule has 33 heavy (non-hydrogen) atoms. The zero-order chi connectivity index (χ0) is 23.7. The summed E-state index contributed by atoms with van der Waals surface area (Å²) in [7, 11) is 1.34. The standard InChI is InChI=1S/C29H33NO3/c1-17(2)27-26(28(33-29(31)32-6)19(4)20(5)30-27)16-22-8-7-9-25-23(14-15-24(22)25)21-12-10-18(3)11-13-21/h7-13,17,23H,14-16H2,1-6H3. The van der Waals surface area contributed by atoms with Crippen molar-refractivity contribution in [3.8, 4) is 5.75 Å².